The van der Waals surface area contributed by atoms with Gasteiger partial charge in [-0.1, -0.05) is 0 Å². The van der Waals surface area contributed by atoms with Crippen molar-refractivity contribution in [3.05, 3.63) is 27.2 Å². The van der Waals surface area contributed by atoms with Crippen LogP contribution in [-0.2, 0) is 30.2 Å². The zero-order valence-electron chi connectivity index (χ0n) is 13.8. The van der Waals surface area contributed by atoms with Crippen molar-refractivity contribution < 1.29 is 9.53 Å². The summed E-state index contributed by atoms with van der Waals surface area (Å²) >= 11 is 0. The highest BCUT2D eigenvalue weighted by molar-refractivity contribution is 5.76. The quantitative estimate of drug-likeness (QED) is 0.765. The topological polar surface area (TPSA) is 100 Å². The monoisotopic (exact) mass is 335 g/mol. The lowest BCUT2D eigenvalue weighted by atomic mass is 10.2. The normalized spacial score (nSPS) is 17.5. The summed E-state index contributed by atoms with van der Waals surface area (Å²) in [5, 5.41) is 2.85. The number of carbonyl (C=O) groups excluding carboxylic acids is 1. The number of aryl methyl sites for hydroxylation is 2. The summed E-state index contributed by atoms with van der Waals surface area (Å²) in [5.41, 5.74) is -0.188. The highest BCUT2D eigenvalue weighted by atomic mass is 16.5. The predicted octanol–water partition coefficient (Wildman–Crippen LogP) is -0.881. The van der Waals surface area contributed by atoms with E-state index < -0.39 is 11.2 Å². The standard InChI is InChI=1S/C15H21N5O4/c1-18-13-12(14(22)19(2)15(18)23)20(9-17-13)6-5-11(21)16-8-10-4-3-7-24-10/h9-10H,3-8H2,1-2H3,(H,16,21). The van der Waals surface area contributed by atoms with Gasteiger partial charge in [0.2, 0.25) is 5.91 Å². The van der Waals surface area contributed by atoms with Gasteiger partial charge in [-0.2, -0.15) is 0 Å². The molecule has 2 aromatic heterocycles. The minimum absolute atomic E-state index is 0.102. The van der Waals surface area contributed by atoms with Crippen LogP contribution < -0.4 is 16.6 Å². The fourth-order valence-corrected chi connectivity index (χ4v) is 2.91. The van der Waals surface area contributed by atoms with Crippen molar-refractivity contribution in [3.63, 3.8) is 0 Å². The Kier molecular flexibility index (Phi) is 4.52. The molecule has 1 aliphatic rings. The van der Waals surface area contributed by atoms with Gasteiger partial charge in [-0.15, -0.1) is 0 Å². The molecule has 2 aromatic rings. The molecule has 1 atom stereocenters. The maximum atomic E-state index is 12.3. The summed E-state index contributed by atoms with van der Waals surface area (Å²) in [5.74, 6) is -0.103. The second-order valence-corrected chi connectivity index (χ2v) is 6.01. The van der Waals surface area contributed by atoms with E-state index in [-0.39, 0.29) is 18.4 Å². The fraction of sp³-hybridized carbons (Fsp3) is 0.600. The number of ether oxygens (including phenoxy) is 1. The number of hydrogen-bond donors (Lipinski definition) is 1. The molecule has 1 saturated heterocycles. The molecule has 0 saturated carbocycles. The summed E-state index contributed by atoms with van der Waals surface area (Å²) in [4.78, 5) is 40.3. The minimum Gasteiger partial charge on any atom is -0.376 e. The summed E-state index contributed by atoms with van der Waals surface area (Å²) in [6.45, 7) is 1.59. The second-order valence-electron chi connectivity index (χ2n) is 6.01. The van der Waals surface area contributed by atoms with Crippen LogP contribution in [-0.4, -0.2) is 43.8 Å². The predicted molar refractivity (Wildman–Crippen MR) is 86.8 cm³/mol. The number of rotatable bonds is 5. The van der Waals surface area contributed by atoms with E-state index >= 15 is 0 Å². The van der Waals surface area contributed by atoms with E-state index in [2.05, 4.69) is 10.3 Å². The molecule has 1 unspecified atom stereocenters. The van der Waals surface area contributed by atoms with E-state index in [1.807, 2.05) is 0 Å². The smallest absolute Gasteiger partial charge is 0.332 e. The van der Waals surface area contributed by atoms with Gasteiger partial charge in [0.25, 0.3) is 5.56 Å². The van der Waals surface area contributed by atoms with E-state index in [1.165, 1.54) is 17.9 Å². The molecule has 3 heterocycles. The van der Waals surface area contributed by atoms with Crippen molar-refractivity contribution in [1.82, 2.24) is 24.0 Å². The number of hydrogen-bond acceptors (Lipinski definition) is 5. The Morgan fingerprint density at radius 3 is 2.88 bits per heavy atom. The van der Waals surface area contributed by atoms with Crippen molar-refractivity contribution in [1.29, 1.82) is 0 Å². The van der Waals surface area contributed by atoms with Gasteiger partial charge in [0.1, 0.15) is 0 Å². The molecule has 9 nitrogen and oxygen atoms in total. The highest BCUT2D eigenvalue weighted by Gasteiger charge is 2.17. The Hall–Kier alpha value is -2.42. The zero-order valence-corrected chi connectivity index (χ0v) is 13.8. The van der Waals surface area contributed by atoms with Gasteiger partial charge in [0, 0.05) is 40.2 Å². The summed E-state index contributed by atoms with van der Waals surface area (Å²) in [7, 11) is 2.99. The number of nitrogens with zero attached hydrogens (tertiary/aromatic N) is 4. The third-order valence-electron chi connectivity index (χ3n) is 4.35. The van der Waals surface area contributed by atoms with E-state index in [9.17, 15) is 14.4 Å². The Labute approximate surface area is 137 Å². The van der Waals surface area contributed by atoms with E-state index in [1.54, 1.807) is 11.6 Å². The first kappa shape index (κ1) is 16.4. The molecule has 0 radical (unpaired) electrons. The molecular weight excluding hydrogens is 314 g/mol. The van der Waals surface area contributed by atoms with Crippen LogP contribution in [0.5, 0.6) is 0 Å². The lowest BCUT2D eigenvalue weighted by Crippen LogP contribution is -2.37. The first-order chi connectivity index (χ1) is 11.5. The molecule has 1 aliphatic heterocycles. The van der Waals surface area contributed by atoms with Gasteiger partial charge in [-0.3, -0.25) is 18.7 Å². The van der Waals surface area contributed by atoms with Gasteiger partial charge in [-0.05, 0) is 12.8 Å². The lowest BCUT2D eigenvalue weighted by Gasteiger charge is -2.11. The van der Waals surface area contributed by atoms with Crippen LogP contribution >= 0.6 is 0 Å². The van der Waals surface area contributed by atoms with Crippen LogP contribution in [0.15, 0.2) is 15.9 Å². The average molecular weight is 335 g/mol. The van der Waals surface area contributed by atoms with Crippen molar-refractivity contribution in [3.8, 4) is 0 Å². The van der Waals surface area contributed by atoms with Gasteiger partial charge in [-0.25, -0.2) is 9.78 Å². The maximum Gasteiger partial charge on any atom is 0.332 e. The van der Waals surface area contributed by atoms with E-state index in [4.69, 9.17) is 4.74 Å². The Balaban J connectivity index is 1.70. The van der Waals surface area contributed by atoms with Crippen LogP contribution in [0.1, 0.15) is 19.3 Å². The molecule has 3 rings (SSSR count). The van der Waals surface area contributed by atoms with Crippen LogP contribution in [0.4, 0.5) is 0 Å². The first-order valence-corrected chi connectivity index (χ1v) is 7.98. The average Bonchev–Trinajstić information content (AvgIpc) is 3.23. The molecule has 0 aromatic carbocycles. The second kappa shape index (κ2) is 6.60. The van der Waals surface area contributed by atoms with Crippen LogP contribution in [0, 0.1) is 0 Å². The molecule has 24 heavy (non-hydrogen) atoms. The summed E-state index contributed by atoms with van der Waals surface area (Å²) in [6.07, 6.45) is 3.81. The van der Waals surface area contributed by atoms with Crippen molar-refractivity contribution in [2.24, 2.45) is 14.1 Å². The Morgan fingerprint density at radius 1 is 1.38 bits per heavy atom. The van der Waals surface area contributed by atoms with Crippen LogP contribution in [0.2, 0.25) is 0 Å². The Bertz CT molecular complexity index is 872. The van der Waals surface area contributed by atoms with Crippen LogP contribution in [0.3, 0.4) is 0 Å². The van der Waals surface area contributed by atoms with E-state index in [0.29, 0.717) is 24.3 Å². The number of imidazole rings is 1. The minimum atomic E-state index is -0.424. The number of fused-ring (bicyclic) bond motifs is 1. The molecule has 0 bridgehead atoms. The first-order valence-electron chi connectivity index (χ1n) is 7.98. The molecule has 0 aliphatic carbocycles. The Morgan fingerprint density at radius 2 is 2.17 bits per heavy atom. The molecule has 130 valence electrons. The van der Waals surface area contributed by atoms with Crippen molar-refractivity contribution in [2.75, 3.05) is 13.2 Å². The molecular formula is C15H21N5O4. The van der Waals surface area contributed by atoms with Crippen LogP contribution in [0.25, 0.3) is 11.2 Å². The molecule has 1 amide bonds. The third kappa shape index (κ3) is 2.99. The van der Waals surface area contributed by atoms with Gasteiger partial charge in [0.15, 0.2) is 11.2 Å². The number of nitrogens with one attached hydrogen (secondary N) is 1. The fourth-order valence-electron chi connectivity index (χ4n) is 2.91. The number of aromatic nitrogens is 4. The van der Waals surface area contributed by atoms with Gasteiger partial charge < -0.3 is 14.6 Å². The maximum absolute atomic E-state index is 12.3. The summed E-state index contributed by atoms with van der Waals surface area (Å²) < 4.78 is 9.44. The molecule has 1 fully saturated rings. The van der Waals surface area contributed by atoms with Gasteiger partial charge >= 0.3 is 5.69 Å². The third-order valence-corrected chi connectivity index (χ3v) is 4.35. The zero-order chi connectivity index (χ0) is 17.3. The van der Waals surface area contributed by atoms with E-state index in [0.717, 1.165) is 24.0 Å². The largest absolute Gasteiger partial charge is 0.376 e. The lowest BCUT2D eigenvalue weighted by molar-refractivity contribution is -0.121. The molecule has 9 heteroatoms. The summed E-state index contributed by atoms with van der Waals surface area (Å²) in [6, 6.07) is 0. The highest BCUT2D eigenvalue weighted by Crippen LogP contribution is 2.10. The van der Waals surface area contributed by atoms with Gasteiger partial charge in [0.05, 0.1) is 12.4 Å². The van der Waals surface area contributed by atoms with Crippen molar-refractivity contribution in [2.45, 2.75) is 31.9 Å². The van der Waals surface area contributed by atoms with Crippen molar-refractivity contribution >= 4 is 17.1 Å². The number of carbonyl (C=O) groups is 1. The molecule has 0 spiro atoms. The number of amides is 1. The SMILES string of the molecule is Cn1c(=O)c2c(ncn2CCC(=O)NCC2CCCO2)n(C)c1=O. The molecule has 1 N–H and O–H groups in total.